The first-order chi connectivity index (χ1) is 32.4. The van der Waals surface area contributed by atoms with Gasteiger partial charge < -0.3 is 23.3 Å². The summed E-state index contributed by atoms with van der Waals surface area (Å²) in [6, 6.07) is 28.5. The molecule has 10 heteroatoms. The van der Waals surface area contributed by atoms with Crippen molar-refractivity contribution in [2.24, 2.45) is 36.6 Å². The third-order valence-corrected chi connectivity index (χ3v) is 14.6. The number of ether oxygens (including phenoxy) is 3. The molecule has 0 radical (unpaired) electrons. The highest BCUT2D eigenvalue weighted by molar-refractivity contribution is 5.97. The maximum absolute atomic E-state index is 14.0. The van der Waals surface area contributed by atoms with Crippen molar-refractivity contribution >= 4 is 40.0 Å². The van der Waals surface area contributed by atoms with Gasteiger partial charge in [-0.1, -0.05) is 107 Å². The minimum absolute atomic E-state index is 0.0190. The summed E-state index contributed by atoms with van der Waals surface area (Å²) in [4.78, 5) is 50.3. The van der Waals surface area contributed by atoms with Crippen LogP contribution in [0, 0.1) is 36.5 Å². The molecule has 1 fully saturated rings. The zero-order valence-electron chi connectivity index (χ0n) is 40.0. The molecule has 0 spiro atoms. The molecule has 2 aliphatic carbocycles. The topological polar surface area (TPSA) is 115 Å². The molecular formula is C57H64N4O6. The Morgan fingerprint density at radius 2 is 1.67 bits per heavy atom. The molecule has 4 aromatic carbocycles. The van der Waals surface area contributed by atoms with Gasteiger partial charge in [-0.15, -0.1) is 0 Å². The summed E-state index contributed by atoms with van der Waals surface area (Å²) in [5.74, 6) is 1.76. The van der Waals surface area contributed by atoms with Crippen LogP contribution in [0.15, 0.2) is 109 Å². The van der Waals surface area contributed by atoms with Crippen molar-refractivity contribution in [2.75, 3.05) is 0 Å². The second-order valence-electron chi connectivity index (χ2n) is 19.5. The summed E-state index contributed by atoms with van der Waals surface area (Å²) < 4.78 is 22.8. The lowest BCUT2D eigenvalue weighted by atomic mass is 9.65. The number of fused-ring (bicyclic) bond motifs is 3. The lowest BCUT2D eigenvalue weighted by Crippen LogP contribution is -2.42. The van der Waals surface area contributed by atoms with Gasteiger partial charge in [-0.3, -0.25) is 9.59 Å². The van der Waals surface area contributed by atoms with Crippen molar-refractivity contribution in [3.63, 3.8) is 0 Å². The molecule has 1 aliphatic heterocycles. The number of rotatable bonds is 14. The van der Waals surface area contributed by atoms with E-state index in [0.29, 0.717) is 30.9 Å². The Hall–Kier alpha value is -6.29. The van der Waals surface area contributed by atoms with E-state index in [-0.39, 0.29) is 54.2 Å². The summed E-state index contributed by atoms with van der Waals surface area (Å²) in [6.07, 6.45) is 10.9. The minimum Gasteiger partial charge on any atom is -0.462 e. The lowest BCUT2D eigenvalue weighted by molar-refractivity contribution is -0.162. The molecule has 0 N–H and O–H groups in total. The molecule has 3 heterocycles. The number of nitrogens with zero attached hydrogens (tertiary/aromatic N) is 4. The predicted molar refractivity (Wildman–Crippen MR) is 263 cm³/mol. The normalized spacial score (nSPS) is 23.1. The number of hydrogen-bond acceptors (Lipinski definition) is 8. The summed E-state index contributed by atoms with van der Waals surface area (Å²) >= 11 is 0. The highest BCUT2D eigenvalue weighted by Gasteiger charge is 2.42. The zero-order chi connectivity index (χ0) is 46.9. The Kier molecular flexibility index (Phi) is 13.4. The zero-order valence-corrected chi connectivity index (χ0v) is 40.0. The van der Waals surface area contributed by atoms with Gasteiger partial charge in [-0.25, -0.2) is 14.8 Å². The van der Waals surface area contributed by atoms with Crippen molar-refractivity contribution in [3.05, 3.63) is 131 Å². The number of para-hydroxylation sites is 2. The van der Waals surface area contributed by atoms with Crippen LogP contribution in [0.2, 0.25) is 0 Å². The third kappa shape index (κ3) is 9.50. The average molecular weight is 901 g/mol. The van der Waals surface area contributed by atoms with Crippen LogP contribution in [0.3, 0.4) is 0 Å². The molecule has 348 valence electrons. The van der Waals surface area contributed by atoms with Crippen LogP contribution in [-0.2, 0) is 43.8 Å². The SMILES string of the molecule is CCCc1nc2c(C)cc(-c3nc4ccccc4n3C)cc2n1Cc1ccc(-c2ccccc2C(=O)O[C@H]2CC(=O)O[C@H](CC[C@@H]3[C@@H]4C(=C[C@H](C)C[C@@H]4OC(=O)C(C)CC)C=C[C@@H]3C)C2)cc1. The highest BCUT2D eigenvalue weighted by Crippen LogP contribution is 2.45. The fourth-order valence-corrected chi connectivity index (χ4v) is 10.8. The molecular weight excluding hydrogens is 837 g/mol. The fourth-order valence-electron chi connectivity index (χ4n) is 10.8. The third-order valence-electron chi connectivity index (χ3n) is 14.6. The number of hydrogen-bond donors (Lipinski definition) is 0. The van der Waals surface area contributed by atoms with E-state index in [0.717, 1.165) is 93.6 Å². The molecule has 3 aliphatic rings. The van der Waals surface area contributed by atoms with Crippen LogP contribution in [-0.4, -0.2) is 55.3 Å². The highest BCUT2D eigenvalue weighted by atomic mass is 16.6. The Bertz CT molecular complexity index is 2870. The van der Waals surface area contributed by atoms with E-state index in [9.17, 15) is 14.4 Å². The quantitative estimate of drug-likeness (QED) is 0.0784. The molecule has 2 aromatic heterocycles. The van der Waals surface area contributed by atoms with Gasteiger partial charge in [0.1, 0.15) is 30.0 Å². The van der Waals surface area contributed by atoms with E-state index < -0.39 is 12.1 Å². The smallest absolute Gasteiger partial charge is 0.339 e. The van der Waals surface area contributed by atoms with E-state index >= 15 is 0 Å². The average Bonchev–Trinajstić information content (AvgIpc) is 3.84. The lowest BCUT2D eigenvalue weighted by Gasteiger charge is -2.43. The first kappa shape index (κ1) is 45.8. The second kappa shape index (κ2) is 19.5. The van der Waals surface area contributed by atoms with Gasteiger partial charge in [0.25, 0.3) is 0 Å². The van der Waals surface area contributed by atoms with Crippen molar-refractivity contribution < 1.29 is 28.6 Å². The number of carbonyl (C=O) groups excluding carboxylic acids is 3. The van der Waals surface area contributed by atoms with Gasteiger partial charge in [-0.2, -0.15) is 0 Å². The standard InChI is InChI=1S/C57H64N4O6/c1-8-14-51-59-54-37(6)29-41(55-58-47-17-12-13-18-48(47)60(55)7)30-49(54)61(51)33-38-20-23-39(24-21-38)45-15-10-11-16-46(45)57(64)66-43-31-42(65-52(62)32-43)25-26-44-36(5)19-22-40-27-34(3)28-50(53(40)44)67-56(63)35(4)9-2/h10-13,15-24,27,29-30,34-36,42-44,50,53H,8-9,14,25-26,28,31-33H2,1-7H3/t34-,35?,36-,42+,43+,44-,50-,53-/m0/s1. The van der Waals surface area contributed by atoms with E-state index in [1.54, 1.807) is 6.07 Å². The molecule has 1 saturated heterocycles. The number of aromatic nitrogens is 4. The maximum Gasteiger partial charge on any atom is 0.339 e. The second-order valence-corrected chi connectivity index (χ2v) is 19.5. The number of carbonyl (C=O) groups is 3. The van der Waals surface area contributed by atoms with E-state index in [2.05, 4.69) is 111 Å². The molecule has 10 nitrogen and oxygen atoms in total. The minimum atomic E-state index is -0.601. The van der Waals surface area contributed by atoms with Crippen LogP contribution in [0.4, 0.5) is 0 Å². The van der Waals surface area contributed by atoms with Crippen LogP contribution in [0.25, 0.3) is 44.6 Å². The van der Waals surface area contributed by atoms with Crippen molar-refractivity contribution in [1.29, 1.82) is 0 Å². The van der Waals surface area contributed by atoms with Crippen LogP contribution in [0.5, 0.6) is 0 Å². The van der Waals surface area contributed by atoms with E-state index in [1.807, 2.05) is 44.2 Å². The maximum atomic E-state index is 14.0. The molecule has 1 unspecified atom stereocenters. The summed E-state index contributed by atoms with van der Waals surface area (Å²) in [5.41, 5.74) is 10.8. The summed E-state index contributed by atoms with van der Waals surface area (Å²) in [6.45, 7) is 13.3. The van der Waals surface area contributed by atoms with Crippen LogP contribution >= 0.6 is 0 Å². The van der Waals surface area contributed by atoms with Gasteiger partial charge >= 0.3 is 17.9 Å². The van der Waals surface area contributed by atoms with Crippen molar-refractivity contribution in [3.8, 4) is 22.5 Å². The van der Waals surface area contributed by atoms with Gasteiger partial charge in [0.2, 0.25) is 0 Å². The molecule has 9 rings (SSSR count). The predicted octanol–water partition coefficient (Wildman–Crippen LogP) is 11.9. The van der Waals surface area contributed by atoms with Gasteiger partial charge in [0.05, 0.1) is 40.0 Å². The molecule has 67 heavy (non-hydrogen) atoms. The number of aryl methyl sites for hydroxylation is 3. The van der Waals surface area contributed by atoms with E-state index in [1.165, 1.54) is 5.57 Å². The summed E-state index contributed by atoms with van der Waals surface area (Å²) in [5, 5.41) is 0. The Morgan fingerprint density at radius 1 is 0.896 bits per heavy atom. The molecule has 0 saturated carbocycles. The molecule has 6 aromatic rings. The van der Waals surface area contributed by atoms with Gasteiger partial charge in [0.15, 0.2) is 0 Å². The van der Waals surface area contributed by atoms with Crippen molar-refractivity contribution in [1.82, 2.24) is 19.1 Å². The number of benzene rings is 4. The van der Waals surface area contributed by atoms with Gasteiger partial charge in [-0.05, 0) is 115 Å². The largest absolute Gasteiger partial charge is 0.462 e. The first-order valence-electron chi connectivity index (χ1n) is 24.5. The van der Waals surface area contributed by atoms with Crippen molar-refractivity contribution in [2.45, 2.75) is 118 Å². The number of esters is 3. The fraction of sp³-hybridized carbons (Fsp3) is 0.421. The van der Waals surface area contributed by atoms with E-state index in [4.69, 9.17) is 24.2 Å². The molecule has 8 atom stereocenters. The number of allylic oxidation sites excluding steroid dienone is 3. The van der Waals surface area contributed by atoms with Crippen LogP contribution < -0.4 is 0 Å². The monoisotopic (exact) mass is 900 g/mol. The molecule has 0 bridgehead atoms. The summed E-state index contributed by atoms with van der Waals surface area (Å²) in [7, 11) is 2.07. The molecule has 0 amide bonds. The Morgan fingerprint density at radius 3 is 2.45 bits per heavy atom. The Balaban J connectivity index is 0.889. The number of cyclic esters (lactones) is 1. The first-order valence-corrected chi connectivity index (χ1v) is 24.5. The van der Waals surface area contributed by atoms with Gasteiger partial charge in [0, 0.05) is 37.9 Å². The number of imidazole rings is 2. The van der Waals surface area contributed by atoms with Crippen LogP contribution in [0.1, 0.15) is 107 Å². The Labute approximate surface area is 394 Å².